The molecule has 0 unspecified atom stereocenters. The average molecular weight is 282 g/mol. The van der Waals surface area contributed by atoms with Gasteiger partial charge in [0.05, 0.1) is 0 Å². The fourth-order valence-corrected chi connectivity index (χ4v) is 3.00. The smallest absolute Gasteiger partial charge is 0.270 e. The van der Waals surface area contributed by atoms with Crippen LogP contribution >= 0.6 is 0 Å². The van der Waals surface area contributed by atoms with Crippen molar-refractivity contribution in [2.75, 3.05) is 13.1 Å². The van der Waals surface area contributed by atoms with Crippen molar-refractivity contribution >= 4 is 5.91 Å². The van der Waals surface area contributed by atoms with Gasteiger partial charge in [0.15, 0.2) is 0 Å². The van der Waals surface area contributed by atoms with Gasteiger partial charge in [0.1, 0.15) is 5.69 Å². The van der Waals surface area contributed by atoms with Crippen LogP contribution in [0.25, 0.3) is 11.1 Å². The van der Waals surface area contributed by atoms with E-state index in [9.17, 15) is 4.79 Å². The number of nitrogens with zero attached hydrogens (tertiary/aromatic N) is 2. The highest BCUT2D eigenvalue weighted by atomic mass is 16.2. The Morgan fingerprint density at radius 3 is 2.43 bits per heavy atom. The topological polar surface area (TPSA) is 25.2 Å². The van der Waals surface area contributed by atoms with Crippen molar-refractivity contribution in [3.8, 4) is 11.1 Å². The summed E-state index contributed by atoms with van der Waals surface area (Å²) in [4.78, 5) is 14.7. The van der Waals surface area contributed by atoms with Crippen LogP contribution in [0.2, 0.25) is 0 Å². The van der Waals surface area contributed by atoms with E-state index in [1.54, 1.807) is 0 Å². The molecule has 0 bridgehead atoms. The highest BCUT2D eigenvalue weighted by Gasteiger charge is 2.21. The predicted molar refractivity (Wildman–Crippen MR) is 85.3 cm³/mol. The van der Waals surface area contributed by atoms with Crippen LogP contribution in [0.15, 0.2) is 42.6 Å². The van der Waals surface area contributed by atoms with Crippen molar-refractivity contribution in [1.82, 2.24) is 9.47 Å². The van der Waals surface area contributed by atoms with Gasteiger partial charge in [0.25, 0.3) is 5.91 Å². The first-order valence-corrected chi connectivity index (χ1v) is 7.84. The first-order valence-electron chi connectivity index (χ1n) is 7.84. The summed E-state index contributed by atoms with van der Waals surface area (Å²) in [5.41, 5.74) is 3.11. The number of likely N-dealkylation sites (tertiary alicyclic amines) is 1. The molecule has 3 heteroatoms. The van der Waals surface area contributed by atoms with Gasteiger partial charge in [-0.15, -0.1) is 0 Å². The van der Waals surface area contributed by atoms with Crippen molar-refractivity contribution in [1.29, 1.82) is 0 Å². The van der Waals surface area contributed by atoms with E-state index in [1.807, 2.05) is 29.2 Å². The van der Waals surface area contributed by atoms with Gasteiger partial charge in [-0.25, -0.2) is 0 Å². The Morgan fingerprint density at radius 2 is 1.76 bits per heavy atom. The van der Waals surface area contributed by atoms with Crippen LogP contribution in [0.3, 0.4) is 0 Å². The minimum Gasteiger partial charge on any atom is -0.343 e. The Balaban J connectivity index is 1.91. The molecule has 1 fully saturated rings. The molecule has 21 heavy (non-hydrogen) atoms. The van der Waals surface area contributed by atoms with Crippen LogP contribution < -0.4 is 0 Å². The molecule has 2 heterocycles. The zero-order valence-electron chi connectivity index (χ0n) is 12.6. The van der Waals surface area contributed by atoms with E-state index in [0.29, 0.717) is 0 Å². The second kappa shape index (κ2) is 6.17. The lowest BCUT2D eigenvalue weighted by Crippen LogP contribution is -2.36. The van der Waals surface area contributed by atoms with E-state index in [1.165, 1.54) is 6.42 Å². The van der Waals surface area contributed by atoms with Gasteiger partial charge in [-0.1, -0.05) is 30.3 Å². The molecule has 3 rings (SSSR count). The number of benzene rings is 1. The summed E-state index contributed by atoms with van der Waals surface area (Å²) in [5, 5.41) is 0. The van der Waals surface area contributed by atoms with E-state index in [0.717, 1.165) is 49.3 Å². The molecule has 0 spiro atoms. The quantitative estimate of drug-likeness (QED) is 0.840. The fourth-order valence-electron chi connectivity index (χ4n) is 3.00. The zero-order valence-corrected chi connectivity index (χ0v) is 12.6. The molecule has 1 aliphatic rings. The summed E-state index contributed by atoms with van der Waals surface area (Å²) in [6, 6.07) is 12.3. The molecule has 3 nitrogen and oxygen atoms in total. The lowest BCUT2D eigenvalue weighted by atomic mass is 10.1. The Kier molecular flexibility index (Phi) is 4.09. The molecule has 0 atom stereocenters. The standard InChI is InChI=1S/C18H22N2O/c1-2-19-14-16(15-9-5-3-6-10-15)13-17(19)18(21)20-11-7-4-8-12-20/h3,5-6,9-10,13-14H,2,4,7-8,11-12H2,1H3. The normalized spacial score (nSPS) is 15.2. The number of rotatable bonds is 3. The lowest BCUT2D eigenvalue weighted by Gasteiger charge is -2.26. The van der Waals surface area contributed by atoms with E-state index in [4.69, 9.17) is 0 Å². The third-order valence-corrected chi connectivity index (χ3v) is 4.21. The van der Waals surface area contributed by atoms with Crippen molar-refractivity contribution in [2.24, 2.45) is 0 Å². The molecule has 1 saturated heterocycles. The summed E-state index contributed by atoms with van der Waals surface area (Å²) in [5.74, 6) is 0.179. The van der Waals surface area contributed by atoms with Crippen LogP contribution in [0, 0.1) is 0 Å². The number of aryl methyl sites for hydroxylation is 1. The number of piperidine rings is 1. The highest BCUT2D eigenvalue weighted by molar-refractivity contribution is 5.94. The maximum atomic E-state index is 12.7. The Labute approximate surface area is 126 Å². The molecule has 0 saturated carbocycles. The monoisotopic (exact) mass is 282 g/mol. The third-order valence-electron chi connectivity index (χ3n) is 4.21. The van der Waals surface area contributed by atoms with Gasteiger partial charge < -0.3 is 9.47 Å². The molecule has 1 aliphatic heterocycles. The molecule has 1 aromatic carbocycles. The van der Waals surface area contributed by atoms with Crippen molar-refractivity contribution in [3.63, 3.8) is 0 Å². The van der Waals surface area contributed by atoms with Gasteiger partial charge in [-0.2, -0.15) is 0 Å². The predicted octanol–water partition coefficient (Wildman–Crippen LogP) is 3.80. The van der Waals surface area contributed by atoms with E-state index in [-0.39, 0.29) is 5.91 Å². The van der Waals surface area contributed by atoms with Crippen molar-refractivity contribution in [2.45, 2.75) is 32.7 Å². The molecule has 2 aromatic rings. The summed E-state index contributed by atoms with van der Waals surface area (Å²) >= 11 is 0. The van der Waals surface area contributed by atoms with Gasteiger partial charge in [0, 0.05) is 31.4 Å². The van der Waals surface area contributed by atoms with Crippen LogP contribution in [0.4, 0.5) is 0 Å². The maximum absolute atomic E-state index is 12.7. The van der Waals surface area contributed by atoms with Crippen LogP contribution in [-0.4, -0.2) is 28.5 Å². The van der Waals surface area contributed by atoms with Crippen molar-refractivity contribution < 1.29 is 4.79 Å². The second-order valence-electron chi connectivity index (χ2n) is 5.62. The Morgan fingerprint density at radius 1 is 1.05 bits per heavy atom. The zero-order chi connectivity index (χ0) is 14.7. The summed E-state index contributed by atoms with van der Waals surface area (Å²) in [6.07, 6.45) is 5.59. The van der Waals surface area contributed by atoms with Gasteiger partial charge in [-0.05, 0) is 37.8 Å². The van der Waals surface area contributed by atoms with E-state index >= 15 is 0 Å². The van der Waals surface area contributed by atoms with Crippen LogP contribution in [0.5, 0.6) is 0 Å². The third kappa shape index (κ3) is 2.87. The van der Waals surface area contributed by atoms with Gasteiger partial charge >= 0.3 is 0 Å². The summed E-state index contributed by atoms with van der Waals surface area (Å²) in [7, 11) is 0. The number of aromatic nitrogens is 1. The minimum absolute atomic E-state index is 0.179. The average Bonchev–Trinajstić information content (AvgIpc) is 3.00. The number of amides is 1. The van der Waals surface area contributed by atoms with E-state index in [2.05, 4.69) is 29.8 Å². The molecule has 0 radical (unpaired) electrons. The number of carbonyl (C=O) groups excluding carboxylic acids is 1. The van der Waals surface area contributed by atoms with Crippen molar-refractivity contribution in [3.05, 3.63) is 48.3 Å². The molecule has 1 amide bonds. The Hall–Kier alpha value is -2.03. The first-order chi connectivity index (χ1) is 10.3. The summed E-state index contributed by atoms with van der Waals surface area (Å²) in [6.45, 7) is 4.70. The molecular formula is C18H22N2O. The fraction of sp³-hybridized carbons (Fsp3) is 0.389. The number of hydrogen-bond donors (Lipinski definition) is 0. The number of hydrogen-bond acceptors (Lipinski definition) is 1. The molecular weight excluding hydrogens is 260 g/mol. The minimum atomic E-state index is 0.179. The molecule has 0 N–H and O–H groups in total. The Bertz CT molecular complexity index is 609. The SMILES string of the molecule is CCn1cc(-c2ccccc2)cc1C(=O)N1CCCCC1. The molecule has 110 valence electrons. The molecule has 1 aromatic heterocycles. The lowest BCUT2D eigenvalue weighted by molar-refractivity contribution is 0.0713. The second-order valence-corrected chi connectivity index (χ2v) is 5.62. The molecule has 0 aliphatic carbocycles. The largest absolute Gasteiger partial charge is 0.343 e. The van der Waals surface area contributed by atoms with Crippen LogP contribution in [-0.2, 0) is 6.54 Å². The van der Waals surface area contributed by atoms with Gasteiger partial charge in [0.2, 0.25) is 0 Å². The highest BCUT2D eigenvalue weighted by Crippen LogP contribution is 2.23. The van der Waals surface area contributed by atoms with Gasteiger partial charge in [-0.3, -0.25) is 4.79 Å². The van der Waals surface area contributed by atoms with E-state index < -0.39 is 0 Å². The first kappa shape index (κ1) is 13.9. The maximum Gasteiger partial charge on any atom is 0.270 e. The number of carbonyl (C=O) groups is 1. The van der Waals surface area contributed by atoms with Crippen LogP contribution in [0.1, 0.15) is 36.7 Å². The summed E-state index contributed by atoms with van der Waals surface area (Å²) < 4.78 is 2.07.